The maximum Gasteiger partial charge on any atom is 0.241 e. The SMILES string of the molecule is C[C@@H]1CN(c2ccc(Cl)nc2)C(=O)CN1C. The second-order valence-corrected chi connectivity index (χ2v) is 4.49. The van der Waals surface area contributed by atoms with Crippen LogP contribution in [0.4, 0.5) is 5.69 Å². The van der Waals surface area contributed by atoms with Gasteiger partial charge in [0.15, 0.2) is 0 Å². The zero-order valence-corrected chi connectivity index (χ0v) is 10.1. The highest BCUT2D eigenvalue weighted by atomic mass is 35.5. The molecule has 1 aromatic rings. The summed E-state index contributed by atoms with van der Waals surface area (Å²) in [6, 6.07) is 3.88. The Morgan fingerprint density at radius 1 is 1.50 bits per heavy atom. The Labute approximate surface area is 99.8 Å². The number of halogens is 1. The Morgan fingerprint density at radius 3 is 2.88 bits per heavy atom. The van der Waals surface area contributed by atoms with Gasteiger partial charge in [-0.15, -0.1) is 0 Å². The van der Waals surface area contributed by atoms with Gasteiger partial charge < -0.3 is 4.90 Å². The second kappa shape index (κ2) is 4.39. The minimum atomic E-state index is 0.102. The molecule has 1 aromatic heterocycles. The summed E-state index contributed by atoms with van der Waals surface area (Å²) >= 11 is 5.72. The molecule has 0 spiro atoms. The van der Waals surface area contributed by atoms with Gasteiger partial charge in [-0.05, 0) is 26.1 Å². The largest absolute Gasteiger partial charge is 0.308 e. The van der Waals surface area contributed by atoms with Crippen LogP contribution >= 0.6 is 11.6 Å². The highest BCUT2D eigenvalue weighted by molar-refractivity contribution is 6.29. The summed E-state index contributed by atoms with van der Waals surface area (Å²) in [6.07, 6.45) is 1.64. The second-order valence-electron chi connectivity index (χ2n) is 4.11. The summed E-state index contributed by atoms with van der Waals surface area (Å²) in [5, 5.41) is 0.443. The summed E-state index contributed by atoms with van der Waals surface area (Å²) in [7, 11) is 1.96. The molecule has 2 heterocycles. The smallest absolute Gasteiger partial charge is 0.241 e. The summed E-state index contributed by atoms with van der Waals surface area (Å²) < 4.78 is 0. The zero-order chi connectivity index (χ0) is 11.7. The molecular weight excluding hydrogens is 226 g/mol. The number of amides is 1. The fourth-order valence-electron chi connectivity index (χ4n) is 1.74. The Bertz CT molecular complexity index is 393. The predicted molar refractivity (Wildman–Crippen MR) is 63.7 cm³/mol. The zero-order valence-electron chi connectivity index (χ0n) is 9.35. The average molecular weight is 240 g/mol. The van der Waals surface area contributed by atoms with E-state index in [0.29, 0.717) is 24.3 Å². The van der Waals surface area contributed by atoms with E-state index in [1.165, 1.54) is 0 Å². The van der Waals surface area contributed by atoms with Crippen molar-refractivity contribution in [2.75, 3.05) is 25.0 Å². The first-order valence-corrected chi connectivity index (χ1v) is 5.58. The van der Waals surface area contributed by atoms with Crippen molar-refractivity contribution in [2.24, 2.45) is 0 Å². The predicted octanol–water partition coefficient (Wildman–Crippen LogP) is 1.40. The highest BCUT2D eigenvalue weighted by Crippen LogP contribution is 2.19. The minimum Gasteiger partial charge on any atom is -0.308 e. The molecule has 1 saturated heterocycles. The molecule has 1 atom stereocenters. The Balaban J connectivity index is 2.20. The first-order valence-electron chi connectivity index (χ1n) is 5.20. The molecule has 16 heavy (non-hydrogen) atoms. The number of pyridine rings is 1. The fourth-order valence-corrected chi connectivity index (χ4v) is 1.85. The molecule has 1 aliphatic heterocycles. The summed E-state index contributed by atoms with van der Waals surface area (Å²) in [5.74, 6) is 0.102. The lowest BCUT2D eigenvalue weighted by Gasteiger charge is -2.37. The molecule has 0 bridgehead atoms. The number of carbonyl (C=O) groups is 1. The first kappa shape index (κ1) is 11.4. The fraction of sp³-hybridized carbons (Fsp3) is 0.455. The van der Waals surface area contributed by atoms with Gasteiger partial charge in [0, 0.05) is 12.6 Å². The van der Waals surface area contributed by atoms with Crippen LogP contribution in [0, 0.1) is 0 Å². The van der Waals surface area contributed by atoms with Gasteiger partial charge in [-0.2, -0.15) is 0 Å². The molecule has 0 aromatic carbocycles. The van der Waals surface area contributed by atoms with Crippen molar-refractivity contribution in [1.29, 1.82) is 0 Å². The number of nitrogens with zero attached hydrogens (tertiary/aromatic N) is 3. The van der Waals surface area contributed by atoms with Crippen molar-refractivity contribution in [3.63, 3.8) is 0 Å². The standard InChI is InChI=1S/C11H14ClN3O/c1-8-6-15(11(16)7-14(8)2)9-3-4-10(12)13-5-9/h3-5,8H,6-7H2,1-2H3/t8-/m1/s1. The lowest BCUT2D eigenvalue weighted by atomic mass is 10.2. The van der Waals surface area contributed by atoms with Crippen molar-refractivity contribution < 1.29 is 4.79 Å². The first-order chi connectivity index (χ1) is 7.58. The molecule has 86 valence electrons. The number of aromatic nitrogens is 1. The molecule has 0 N–H and O–H groups in total. The van der Waals surface area contributed by atoms with Gasteiger partial charge in [-0.3, -0.25) is 9.69 Å². The van der Waals surface area contributed by atoms with Crippen LogP contribution in [0.3, 0.4) is 0 Å². The van der Waals surface area contributed by atoms with Crippen LogP contribution in [0.25, 0.3) is 0 Å². The van der Waals surface area contributed by atoms with Crippen LogP contribution in [0.15, 0.2) is 18.3 Å². The van der Waals surface area contributed by atoms with Crippen molar-refractivity contribution >= 4 is 23.2 Å². The van der Waals surface area contributed by atoms with Crippen molar-refractivity contribution in [3.8, 4) is 0 Å². The van der Waals surface area contributed by atoms with E-state index in [9.17, 15) is 4.79 Å². The third-order valence-corrected chi connectivity index (χ3v) is 3.13. The van der Waals surface area contributed by atoms with E-state index >= 15 is 0 Å². The van der Waals surface area contributed by atoms with E-state index in [4.69, 9.17) is 11.6 Å². The van der Waals surface area contributed by atoms with Gasteiger partial charge in [-0.25, -0.2) is 4.98 Å². The lowest BCUT2D eigenvalue weighted by molar-refractivity contribution is -0.121. The summed E-state index contributed by atoms with van der Waals surface area (Å²) in [4.78, 5) is 19.7. The highest BCUT2D eigenvalue weighted by Gasteiger charge is 2.27. The van der Waals surface area contributed by atoms with E-state index in [0.717, 1.165) is 5.69 Å². The molecule has 0 aliphatic carbocycles. The maximum absolute atomic E-state index is 11.9. The molecule has 2 rings (SSSR count). The van der Waals surface area contributed by atoms with Gasteiger partial charge >= 0.3 is 0 Å². The van der Waals surface area contributed by atoms with Crippen LogP contribution < -0.4 is 4.90 Å². The number of carbonyl (C=O) groups excluding carboxylic acids is 1. The number of likely N-dealkylation sites (N-methyl/N-ethyl adjacent to an activating group) is 1. The quantitative estimate of drug-likeness (QED) is 0.696. The Kier molecular flexibility index (Phi) is 3.12. The Morgan fingerprint density at radius 2 is 2.25 bits per heavy atom. The summed E-state index contributed by atoms with van der Waals surface area (Å²) in [6.45, 7) is 3.24. The Hall–Kier alpha value is -1.13. The third kappa shape index (κ3) is 2.18. The molecule has 0 unspecified atom stereocenters. The number of anilines is 1. The van der Waals surface area contributed by atoms with E-state index in [1.54, 1.807) is 17.2 Å². The number of piperazine rings is 1. The van der Waals surface area contributed by atoms with Crippen molar-refractivity contribution in [2.45, 2.75) is 13.0 Å². The van der Waals surface area contributed by atoms with Gasteiger partial charge in [0.2, 0.25) is 5.91 Å². The average Bonchev–Trinajstić information content (AvgIpc) is 2.25. The molecule has 4 nitrogen and oxygen atoms in total. The van der Waals surface area contributed by atoms with Crippen LogP contribution in [0.1, 0.15) is 6.92 Å². The molecule has 0 saturated carbocycles. The molecule has 1 fully saturated rings. The van der Waals surface area contributed by atoms with E-state index in [2.05, 4.69) is 11.9 Å². The van der Waals surface area contributed by atoms with Crippen LogP contribution in [0.2, 0.25) is 5.15 Å². The van der Waals surface area contributed by atoms with Gasteiger partial charge in [0.05, 0.1) is 18.4 Å². The monoisotopic (exact) mass is 239 g/mol. The normalized spacial score (nSPS) is 22.6. The van der Waals surface area contributed by atoms with Crippen molar-refractivity contribution in [1.82, 2.24) is 9.88 Å². The van der Waals surface area contributed by atoms with E-state index in [-0.39, 0.29) is 5.91 Å². The van der Waals surface area contributed by atoms with Crippen LogP contribution in [0.5, 0.6) is 0 Å². The van der Waals surface area contributed by atoms with E-state index in [1.807, 2.05) is 18.0 Å². The third-order valence-electron chi connectivity index (χ3n) is 2.91. The van der Waals surface area contributed by atoms with Crippen molar-refractivity contribution in [3.05, 3.63) is 23.5 Å². The topological polar surface area (TPSA) is 36.4 Å². The molecule has 1 aliphatic rings. The lowest BCUT2D eigenvalue weighted by Crippen LogP contribution is -2.53. The number of rotatable bonds is 1. The number of hydrogen-bond acceptors (Lipinski definition) is 3. The van der Waals surface area contributed by atoms with Gasteiger partial charge in [0.25, 0.3) is 0 Å². The van der Waals surface area contributed by atoms with Crippen LogP contribution in [-0.2, 0) is 4.79 Å². The molecular formula is C11H14ClN3O. The molecule has 1 amide bonds. The number of hydrogen-bond donors (Lipinski definition) is 0. The molecule has 5 heteroatoms. The maximum atomic E-state index is 11.9. The molecule has 0 radical (unpaired) electrons. The van der Waals surface area contributed by atoms with Gasteiger partial charge in [-0.1, -0.05) is 11.6 Å². The minimum absolute atomic E-state index is 0.102. The van der Waals surface area contributed by atoms with Crippen LogP contribution in [-0.4, -0.2) is 42.0 Å². The van der Waals surface area contributed by atoms with E-state index < -0.39 is 0 Å². The van der Waals surface area contributed by atoms with Gasteiger partial charge in [0.1, 0.15) is 5.15 Å². The summed E-state index contributed by atoms with van der Waals surface area (Å²) in [5.41, 5.74) is 0.814.